The van der Waals surface area contributed by atoms with Crippen LogP contribution in [0.5, 0.6) is 0 Å². The van der Waals surface area contributed by atoms with Crippen LogP contribution in [0, 0.1) is 20.8 Å². The molecule has 0 atom stereocenters. The van der Waals surface area contributed by atoms with E-state index >= 15 is 0 Å². The molecule has 0 aliphatic carbocycles. The van der Waals surface area contributed by atoms with Crippen molar-refractivity contribution in [2.24, 2.45) is 0 Å². The zero-order valence-electron chi connectivity index (χ0n) is 18.1. The van der Waals surface area contributed by atoms with Gasteiger partial charge in [0.15, 0.2) is 5.65 Å². The second kappa shape index (κ2) is 8.62. The van der Waals surface area contributed by atoms with Crippen LogP contribution in [0.1, 0.15) is 40.8 Å². The van der Waals surface area contributed by atoms with Crippen LogP contribution in [-0.2, 0) is 13.1 Å². The minimum absolute atomic E-state index is 0.185. The number of hydrogen-bond donors (Lipinski definition) is 1. The first-order valence-electron chi connectivity index (χ1n) is 10.3. The molecule has 0 saturated heterocycles. The maximum Gasteiger partial charge on any atom is 0.256 e. The lowest BCUT2D eigenvalue weighted by atomic mass is 10.2. The summed E-state index contributed by atoms with van der Waals surface area (Å²) in [5.74, 6) is -0.185. The number of carbonyl (C=O) groups excluding carboxylic acids is 1. The Hall–Kier alpha value is -3.01. The van der Waals surface area contributed by atoms with Crippen LogP contribution in [0.2, 0.25) is 0 Å². The monoisotopic (exact) mass is 484 g/mol. The van der Waals surface area contributed by atoms with Crippen molar-refractivity contribution < 1.29 is 4.79 Å². The van der Waals surface area contributed by atoms with Crippen molar-refractivity contribution in [2.45, 2.75) is 47.2 Å². The predicted molar refractivity (Wildman–Crippen MR) is 121 cm³/mol. The molecular formula is C21H25BrN8O. The average molecular weight is 485 g/mol. The molecule has 0 saturated carbocycles. The number of halogens is 1. The number of rotatable bonds is 7. The van der Waals surface area contributed by atoms with Crippen molar-refractivity contribution in [3.05, 3.63) is 51.8 Å². The molecule has 4 aromatic rings. The van der Waals surface area contributed by atoms with Gasteiger partial charge in [-0.15, -0.1) is 0 Å². The molecule has 162 valence electrons. The van der Waals surface area contributed by atoms with Gasteiger partial charge in [-0.3, -0.25) is 14.2 Å². The van der Waals surface area contributed by atoms with Gasteiger partial charge in [0.1, 0.15) is 5.56 Å². The number of amides is 1. The van der Waals surface area contributed by atoms with Gasteiger partial charge in [-0.25, -0.2) is 9.50 Å². The van der Waals surface area contributed by atoms with Crippen molar-refractivity contribution >= 4 is 27.5 Å². The van der Waals surface area contributed by atoms with E-state index in [0.29, 0.717) is 17.8 Å². The molecule has 1 amide bonds. The molecule has 0 fully saturated rings. The molecule has 31 heavy (non-hydrogen) atoms. The molecule has 0 unspecified atom stereocenters. The summed E-state index contributed by atoms with van der Waals surface area (Å²) in [4.78, 5) is 17.2. The number of aryl methyl sites for hydroxylation is 4. The van der Waals surface area contributed by atoms with Gasteiger partial charge in [0.2, 0.25) is 0 Å². The van der Waals surface area contributed by atoms with E-state index in [2.05, 4.69) is 41.5 Å². The maximum atomic E-state index is 12.8. The summed E-state index contributed by atoms with van der Waals surface area (Å²) >= 11 is 3.54. The van der Waals surface area contributed by atoms with Crippen LogP contribution in [-0.4, -0.2) is 46.6 Å². The van der Waals surface area contributed by atoms with Crippen molar-refractivity contribution in [2.75, 3.05) is 6.54 Å². The number of nitrogens with zero attached hydrogens (tertiary/aromatic N) is 7. The zero-order valence-corrected chi connectivity index (χ0v) is 19.6. The Balaban J connectivity index is 1.47. The van der Waals surface area contributed by atoms with E-state index in [0.717, 1.165) is 52.3 Å². The van der Waals surface area contributed by atoms with Crippen molar-refractivity contribution in [3.8, 4) is 11.3 Å². The summed E-state index contributed by atoms with van der Waals surface area (Å²) in [5, 5.41) is 16.4. The van der Waals surface area contributed by atoms with Crippen LogP contribution in [0.15, 0.2) is 29.1 Å². The van der Waals surface area contributed by atoms with Crippen LogP contribution in [0.3, 0.4) is 0 Å². The summed E-state index contributed by atoms with van der Waals surface area (Å²) in [5.41, 5.74) is 5.78. The topological polar surface area (TPSA) is 94.9 Å². The van der Waals surface area contributed by atoms with Crippen LogP contribution < -0.4 is 5.32 Å². The first-order chi connectivity index (χ1) is 14.9. The minimum atomic E-state index is -0.185. The van der Waals surface area contributed by atoms with Gasteiger partial charge in [-0.1, -0.05) is 0 Å². The third-order valence-electron chi connectivity index (χ3n) is 5.32. The average Bonchev–Trinajstić information content (AvgIpc) is 3.43. The number of fused-ring (bicyclic) bond motifs is 1. The van der Waals surface area contributed by atoms with E-state index in [1.807, 2.05) is 49.3 Å². The molecule has 4 rings (SSSR count). The van der Waals surface area contributed by atoms with Gasteiger partial charge in [0, 0.05) is 43.3 Å². The lowest BCUT2D eigenvalue weighted by molar-refractivity contribution is 0.0954. The Morgan fingerprint density at radius 1 is 1.19 bits per heavy atom. The summed E-state index contributed by atoms with van der Waals surface area (Å²) in [6.07, 6.45) is 6.03. The Morgan fingerprint density at radius 3 is 2.68 bits per heavy atom. The predicted octanol–water partition coefficient (Wildman–Crippen LogP) is 3.32. The fourth-order valence-corrected chi connectivity index (χ4v) is 3.89. The van der Waals surface area contributed by atoms with E-state index in [4.69, 9.17) is 0 Å². The van der Waals surface area contributed by atoms with E-state index in [-0.39, 0.29) is 5.91 Å². The van der Waals surface area contributed by atoms with Crippen molar-refractivity contribution in [1.82, 2.24) is 39.5 Å². The summed E-state index contributed by atoms with van der Waals surface area (Å²) < 4.78 is 6.57. The largest absolute Gasteiger partial charge is 0.352 e. The Kier molecular flexibility index (Phi) is 5.90. The second-order valence-electron chi connectivity index (χ2n) is 7.43. The van der Waals surface area contributed by atoms with Gasteiger partial charge >= 0.3 is 0 Å². The highest BCUT2D eigenvalue weighted by molar-refractivity contribution is 9.10. The highest BCUT2D eigenvalue weighted by atomic mass is 79.9. The Morgan fingerprint density at radius 2 is 2.00 bits per heavy atom. The molecule has 0 bridgehead atoms. The smallest absolute Gasteiger partial charge is 0.256 e. The van der Waals surface area contributed by atoms with Gasteiger partial charge in [0.25, 0.3) is 5.91 Å². The molecule has 9 nitrogen and oxygen atoms in total. The summed E-state index contributed by atoms with van der Waals surface area (Å²) in [6, 6.07) is 1.89. The molecule has 0 aromatic carbocycles. The van der Waals surface area contributed by atoms with Gasteiger partial charge < -0.3 is 5.32 Å². The maximum absolute atomic E-state index is 12.8. The molecule has 0 spiro atoms. The SMILES string of the molecule is CCn1cc(-c2ccnc3c(C(=O)NCCCn4nc(C)c(Br)c4C)cnn23)c(C)n1. The number of aromatic nitrogens is 7. The second-order valence-corrected chi connectivity index (χ2v) is 8.22. The van der Waals surface area contributed by atoms with Gasteiger partial charge in [-0.2, -0.15) is 15.3 Å². The van der Waals surface area contributed by atoms with Crippen molar-refractivity contribution in [1.29, 1.82) is 0 Å². The highest BCUT2D eigenvalue weighted by Crippen LogP contribution is 2.24. The zero-order chi connectivity index (χ0) is 22.1. The van der Waals surface area contributed by atoms with Crippen LogP contribution in [0.4, 0.5) is 0 Å². The van der Waals surface area contributed by atoms with Crippen LogP contribution >= 0.6 is 15.9 Å². The molecule has 0 aliphatic heterocycles. The minimum Gasteiger partial charge on any atom is -0.352 e. The first kappa shape index (κ1) is 21.2. The molecule has 1 N–H and O–H groups in total. The number of carbonyl (C=O) groups is 1. The van der Waals surface area contributed by atoms with E-state index in [9.17, 15) is 4.79 Å². The molecular weight excluding hydrogens is 460 g/mol. The Labute approximate surface area is 188 Å². The molecule has 4 heterocycles. The van der Waals surface area contributed by atoms with E-state index < -0.39 is 0 Å². The molecule has 10 heteroatoms. The number of hydrogen-bond acceptors (Lipinski definition) is 5. The Bertz CT molecular complexity index is 1250. The standard InChI is InChI=1S/C21H25BrN8O/c1-5-28-12-17(13(2)26-28)18-7-9-23-20-16(11-25-30(18)20)21(31)24-8-6-10-29-15(4)19(22)14(3)27-29/h7,9,11-12H,5-6,8,10H2,1-4H3,(H,24,31). The first-order valence-corrected chi connectivity index (χ1v) is 11.0. The third kappa shape index (κ3) is 3.99. The normalized spacial score (nSPS) is 11.4. The molecule has 0 radical (unpaired) electrons. The van der Waals surface area contributed by atoms with Crippen LogP contribution in [0.25, 0.3) is 16.9 Å². The molecule has 0 aliphatic rings. The quantitative estimate of drug-likeness (QED) is 0.406. The fourth-order valence-electron chi connectivity index (χ4n) is 3.61. The lowest BCUT2D eigenvalue weighted by Crippen LogP contribution is -2.25. The third-order valence-corrected chi connectivity index (χ3v) is 6.47. The van der Waals surface area contributed by atoms with Gasteiger partial charge in [-0.05, 0) is 56.1 Å². The fraction of sp³-hybridized carbons (Fsp3) is 0.381. The van der Waals surface area contributed by atoms with Gasteiger partial charge in [0.05, 0.1) is 27.8 Å². The lowest BCUT2D eigenvalue weighted by Gasteiger charge is -2.07. The van der Waals surface area contributed by atoms with E-state index in [1.165, 1.54) is 0 Å². The summed E-state index contributed by atoms with van der Waals surface area (Å²) in [7, 11) is 0. The van der Waals surface area contributed by atoms with E-state index in [1.54, 1.807) is 16.9 Å². The van der Waals surface area contributed by atoms with Crippen molar-refractivity contribution in [3.63, 3.8) is 0 Å². The summed E-state index contributed by atoms with van der Waals surface area (Å²) in [6.45, 7) is 10.1. The molecule has 4 aromatic heterocycles. The number of nitrogens with one attached hydrogen (secondary N) is 1. The highest BCUT2D eigenvalue weighted by Gasteiger charge is 2.18.